The first-order chi connectivity index (χ1) is 7.63. The van der Waals surface area contributed by atoms with Gasteiger partial charge in [-0.1, -0.05) is 17.7 Å². The highest BCUT2D eigenvalue weighted by Crippen LogP contribution is 2.20. The van der Waals surface area contributed by atoms with Gasteiger partial charge in [-0.2, -0.15) is 0 Å². The van der Waals surface area contributed by atoms with E-state index in [-0.39, 0.29) is 0 Å². The lowest BCUT2D eigenvalue weighted by molar-refractivity contribution is -0.148. The van der Waals surface area contributed by atoms with E-state index in [2.05, 4.69) is 0 Å². The van der Waals surface area contributed by atoms with Crippen LogP contribution in [0.15, 0.2) is 29.2 Å². The van der Waals surface area contributed by atoms with Crippen LogP contribution in [0.1, 0.15) is 12.5 Å². The zero-order valence-electron chi connectivity index (χ0n) is 9.47. The van der Waals surface area contributed by atoms with Gasteiger partial charge in [-0.25, -0.2) is 4.79 Å². The molecule has 0 saturated carbocycles. The smallest absolute Gasteiger partial charge is 0.333 e. The van der Waals surface area contributed by atoms with E-state index in [1.807, 2.05) is 31.2 Å². The van der Waals surface area contributed by atoms with Gasteiger partial charge >= 0.3 is 5.97 Å². The molecule has 0 aliphatic carbocycles. The maximum Gasteiger partial charge on any atom is 0.333 e. The molecule has 0 heterocycles. The highest BCUT2D eigenvalue weighted by atomic mass is 32.2. The van der Waals surface area contributed by atoms with E-state index in [1.165, 1.54) is 17.3 Å². The molecular weight excluding hydrogens is 224 g/mol. The van der Waals surface area contributed by atoms with E-state index < -0.39 is 12.1 Å². The van der Waals surface area contributed by atoms with Crippen molar-refractivity contribution in [2.45, 2.75) is 24.8 Å². The Hall–Kier alpha value is -1.00. The molecule has 0 aliphatic heterocycles. The largest absolute Gasteiger partial charge is 0.479 e. The van der Waals surface area contributed by atoms with E-state index in [0.29, 0.717) is 12.4 Å². The minimum Gasteiger partial charge on any atom is -0.479 e. The van der Waals surface area contributed by atoms with Gasteiger partial charge in [0.1, 0.15) is 0 Å². The molecule has 1 unspecified atom stereocenters. The van der Waals surface area contributed by atoms with Crippen molar-refractivity contribution in [2.75, 3.05) is 12.4 Å². The van der Waals surface area contributed by atoms with Crippen LogP contribution >= 0.6 is 11.8 Å². The molecule has 1 aromatic rings. The SMILES string of the molecule is CCOC(CSc1ccc(C)cc1)C(=O)O. The second-order valence-corrected chi connectivity index (χ2v) is 4.50. The van der Waals surface area contributed by atoms with E-state index >= 15 is 0 Å². The van der Waals surface area contributed by atoms with E-state index in [0.717, 1.165) is 4.90 Å². The molecule has 88 valence electrons. The molecule has 0 saturated heterocycles. The number of rotatable bonds is 6. The molecule has 0 fully saturated rings. The van der Waals surface area contributed by atoms with Crippen molar-refractivity contribution in [1.29, 1.82) is 0 Å². The van der Waals surface area contributed by atoms with Crippen LogP contribution in [0.3, 0.4) is 0 Å². The molecule has 4 heteroatoms. The van der Waals surface area contributed by atoms with Crippen molar-refractivity contribution in [3.63, 3.8) is 0 Å². The van der Waals surface area contributed by atoms with Gasteiger partial charge in [0.25, 0.3) is 0 Å². The van der Waals surface area contributed by atoms with Gasteiger partial charge < -0.3 is 9.84 Å². The maximum absolute atomic E-state index is 10.8. The molecule has 0 bridgehead atoms. The van der Waals surface area contributed by atoms with Gasteiger partial charge in [0.15, 0.2) is 6.10 Å². The first kappa shape index (κ1) is 13.1. The van der Waals surface area contributed by atoms with Crippen LogP contribution in [0.2, 0.25) is 0 Å². The van der Waals surface area contributed by atoms with Crippen molar-refractivity contribution in [1.82, 2.24) is 0 Å². The summed E-state index contributed by atoms with van der Waals surface area (Å²) >= 11 is 1.50. The third kappa shape index (κ3) is 4.24. The van der Waals surface area contributed by atoms with Crippen LogP contribution in [0.5, 0.6) is 0 Å². The topological polar surface area (TPSA) is 46.5 Å². The van der Waals surface area contributed by atoms with Crippen LogP contribution in [0.25, 0.3) is 0 Å². The van der Waals surface area contributed by atoms with Gasteiger partial charge in [-0.3, -0.25) is 0 Å². The molecule has 1 aromatic carbocycles. The fourth-order valence-electron chi connectivity index (χ4n) is 1.20. The number of carboxylic acid groups (broad SMARTS) is 1. The summed E-state index contributed by atoms with van der Waals surface area (Å²) in [5, 5.41) is 8.89. The van der Waals surface area contributed by atoms with Crippen LogP contribution in [-0.4, -0.2) is 29.5 Å². The third-order valence-electron chi connectivity index (χ3n) is 2.07. The Labute approximate surface area is 99.8 Å². The van der Waals surface area contributed by atoms with Crippen molar-refractivity contribution in [3.05, 3.63) is 29.8 Å². The number of hydrogen-bond donors (Lipinski definition) is 1. The lowest BCUT2D eigenvalue weighted by Crippen LogP contribution is -2.26. The van der Waals surface area contributed by atoms with E-state index in [1.54, 1.807) is 6.92 Å². The van der Waals surface area contributed by atoms with Crippen LogP contribution in [-0.2, 0) is 9.53 Å². The average molecular weight is 240 g/mol. The van der Waals surface area contributed by atoms with Crippen molar-refractivity contribution in [3.8, 4) is 0 Å². The van der Waals surface area contributed by atoms with Crippen molar-refractivity contribution >= 4 is 17.7 Å². The van der Waals surface area contributed by atoms with Gasteiger partial charge in [0, 0.05) is 17.3 Å². The maximum atomic E-state index is 10.8. The lowest BCUT2D eigenvalue weighted by atomic mass is 10.2. The number of ether oxygens (including phenoxy) is 1. The summed E-state index contributed by atoms with van der Waals surface area (Å²) in [6.07, 6.45) is -0.726. The van der Waals surface area contributed by atoms with Gasteiger partial charge in [0.2, 0.25) is 0 Å². The summed E-state index contributed by atoms with van der Waals surface area (Å²) in [7, 11) is 0. The average Bonchev–Trinajstić information content (AvgIpc) is 2.26. The number of thioether (sulfide) groups is 1. The molecule has 3 nitrogen and oxygen atoms in total. The van der Waals surface area contributed by atoms with Gasteiger partial charge in [0.05, 0.1) is 0 Å². The number of aryl methyl sites for hydroxylation is 1. The molecule has 0 aliphatic rings. The van der Waals surface area contributed by atoms with E-state index in [9.17, 15) is 4.79 Å². The molecule has 1 rings (SSSR count). The Balaban J connectivity index is 2.48. The summed E-state index contributed by atoms with van der Waals surface area (Å²) in [4.78, 5) is 11.9. The standard InChI is InChI=1S/C12H16O3S/c1-3-15-11(12(13)14)8-16-10-6-4-9(2)5-7-10/h4-7,11H,3,8H2,1-2H3,(H,13,14). The van der Waals surface area contributed by atoms with E-state index in [4.69, 9.17) is 9.84 Å². The van der Waals surface area contributed by atoms with Crippen LogP contribution in [0.4, 0.5) is 0 Å². The molecule has 1 atom stereocenters. The Morgan fingerprint density at radius 2 is 2.06 bits per heavy atom. The Morgan fingerprint density at radius 1 is 1.44 bits per heavy atom. The number of aliphatic carboxylic acids is 1. The monoisotopic (exact) mass is 240 g/mol. The Kier molecular flexibility index (Phi) is 5.35. The number of benzene rings is 1. The Morgan fingerprint density at radius 3 is 2.56 bits per heavy atom. The van der Waals surface area contributed by atoms with Crippen molar-refractivity contribution < 1.29 is 14.6 Å². The second kappa shape index (κ2) is 6.55. The van der Waals surface area contributed by atoms with Crippen LogP contribution in [0, 0.1) is 6.92 Å². The lowest BCUT2D eigenvalue weighted by Gasteiger charge is -2.11. The fraction of sp³-hybridized carbons (Fsp3) is 0.417. The zero-order valence-corrected chi connectivity index (χ0v) is 10.3. The predicted molar refractivity (Wildman–Crippen MR) is 65.0 cm³/mol. The molecule has 16 heavy (non-hydrogen) atoms. The first-order valence-corrected chi connectivity index (χ1v) is 6.16. The minimum atomic E-state index is -0.901. The van der Waals surface area contributed by atoms with Crippen LogP contribution < -0.4 is 0 Å². The third-order valence-corrected chi connectivity index (χ3v) is 3.14. The molecule has 0 amide bonds. The molecule has 0 aromatic heterocycles. The molecule has 1 N–H and O–H groups in total. The first-order valence-electron chi connectivity index (χ1n) is 5.17. The summed E-state index contributed by atoms with van der Waals surface area (Å²) in [6.45, 7) is 4.24. The highest BCUT2D eigenvalue weighted by molar-refractivity contribution is 7.99. The molecular formula is C12H16O3S. The summed E-state index contributed by atoms with van der Waals surface area (Å²) < 4.78 is 5.13. The normalized spacial score (nSPS) is 12.4. The zero-order chi connectivity index (χ0) is 12.0. The fourth-order valence-corrected chi connectivity index (χ4v) is 2.11. The second-order valence-electron chi connectivity index (χ2n) is 3.41. The summed E-state index contributed by atoms with van der Waals surface area (Å²) in [5.74, 6) is -0.465. The molecule has 0 spiro atoms. The number of carboxylic acids is 1. The van der Waals surface area contributed by atoms with Gasteiger partial charge in [-0.05, 0) is 26.0 Å². The number of hydrogen-bond acceptors (Lipinski definition) is 3. The Bertz CT molecular complexity index is 335. The predicted octanol–water partition coefficient (Wildman–Crippen LogP) is 2.58. The number of carbonyl (C=O) groups is 1. The quantitative estimate of drug-likeness (QED) is 0.776. The van der Waals surface area contributed by atoms with Gasteiger partial charge in [-0.15, -0.1) is 11.8 Å². The summed E-state index contributed by atoms with van der Waals surface area (Å²) in [5.41, 5.74) is 1.20. The minimum absolute atomic E-state index is 0.422. The molecule has 0 radical (unpaired) electrons. The highest BCUT2D eigenvalue weighted by Gasteiger charge is 2.17. The van der Waals surface area contributed by atoms with Crippen molar-refractivity contribution in [2.24, 2.45) is 0 Å². The summed E-state index contributed by atoms with van der Waals surface area (Å²) in [6, 6.07) is 8.01.